The summed E-state index contributed by atoms with van der Waals surface area (Å²) in [7, 11) is 3.91. The molecule has 4 heteroatoms. The number of hydrogen-bond acceptors (Lipinski definition) is 3. The van der Waals surface area contributed by atoms with Gasteiger partial charge in [-0.05, 0) is 38.9 Å². The van der Waals surface area contributed by atoms with Crippen molar-refractivity contribution in [3.63, 3.8) is 0 Å². The van der Waals surface area contributed by atoms with E-state index in [-0.39, 0.29) is 11.9 Å². The van der Waals surface area contributed by atoms with Gasteiger partial charge in [-0.15, -0.1) is 0 Å². The number of ether oxygens (including phenoxy) is 1. The first kappa shape index (κ1) is 14.3. The van der Waals surface area contributed by atoms with E-state index in [1.54, 1.807) is 6.07 Å². The van der Waals surface area contributed by atoms with Crippen molar-refractivity contribution >= 4 is 5.69 Å². The summed E-state index contributed by atoms with van der Waals surface area (Å²) in [5.74, 6) is -0.141. The van der Waals surface area contributed by atoms with Crippen LogP contribution < -0.4 is 10.2 Å². The SMILES string of the molecule is CNC(C)c1c(F)cccc1N(C)C1CCOCC1. The number of nitrogens with zero attached hydrogens (tertiary/aromatic N) is 1. The van der Waals surface area contributed by atoms with Gasteiger partial charge in [0.15, 0.2) is 0 Å². The maximum Gasteiger partial charge on any atom is 0.130 e. The molecular formula is C15H23FN2O. The molecule has 1 fully saturated rings. The fraction of sp³-hybridized carbons (Fsp3) is 0.600. The second-order valence-corrected chi connectivity index (χ2v) is 5.14. The van der Waals surface area contributed by atoms with Crippen molar-refractivity contribution in [2.75, 3.05) is 32.2 Å². The van der Waals surface area contributed by atoms with Gasteiger partial charge >= 0.3 is 0 Å². The molecule has 106 valence electrons. The molecule has 1 aromatic rings. The molecule has 1 heterocycles. The monoisotopic (exact) mass is 266 g/mol. The van der Waals surface area contributed by atoms with Crippen molar-refractivity contribution in [2.24, 2.45) is 0 Å². The van der Waals surface area contributed by atoms with E-state index >= 15 is 0 Å². The predicted molar refractivity (Wildman–Crippen MR) is 76.1 cm³/mol. The van der Waals surface area contributed by atoms with Crippen LogP contribution in [0.15, 0.2) is 18.2 Å². The van der Waals surface area contributed by atoms with Gasteiger partial charge in [-0.25, -0.2) is 4.39 Å². The topological polar surface area (TPSA) is 24.5 Å². The molecule has 0 radical (unpaired) electrons. The summed E-state index contributed by atoms with van der Waals surface area (Å²) in [6.07, 6.45) is 2.00. The molecule has 0 amide bonds. The molecule has 1 aromatic carbocycles. The van der Waals surface area contributed by atoms with Crippen molar-refractivity contribution in [1.29, 1.82) is 0 Å². The summed E-state index contributed by atoms with van der Waals surface area (Å²) in [4.78, 5) is 2.20. The summed E-state index contributed by atoms with van der Waals surface area (Å²) in [5, 5.41) is 3.13. The van der Waals surface area contributed by atoms with Crippen LogP contribution in [-0.4, -0.2) is 33.4 Å². The van der Waals surface area contributed by atoms with E-state index in [0.29, 0.717) is 6.04 Å². The lowest BCUT2D eigenvalue weighted by atomic mass is 10.0. The van der Waals surface area contributed by atoms with Gasteiger partial charge in [0.1, 0.15) is 5.82 Å². The largest absolute Gasteiger partial charge is 0.381 e. The molecule has 3 nitrogen and oxygen atoms in total. The first-order valence-electron chi connectivity index (χ1n) is 6.91. The Hall–Kier alpha value is -1.13. The smallest absolute Gasteiger partial charge is 0.130 e. The maximum absolute atomic E-state index is 14.1. The summed E-state index contributed by atoms with van der Waals surface area (Å²) < 4.78 is 19.5. The zero-order valence-electron chi connectivity index (χ0n) is 11.9. The van der Waals surface area contributed by atoms with Crippen molar-refractivity contribution in [2.45, 2.75) is 31.8 Å². The highest BCUT2D eigenvalue weighted by Crippen LogP contribution is 2.31. The quantitative estimate of drug-likeness (QED) is 0.907. The van der Waals surface area contributed by atoms with Gasteiger partial charge in [-0.3, -0.25) is 0 Å². The standard InChI is InChI=1S/C15H23FN2O/c1-11(17-2)15-13(16)5-4-6-14(15)18(3)12-7-9-19-10-8-12/h4-6,11-12,17H,7-10H2,1-3H3. The van der Waals surface area contributed by atoms with E-state index in [4.69, 9.17) is 4.74 Å². The van der Waals surface area contributed by atoms with Crippen LogP contribution in [0.5, 0.6) is 0 Å². The predicted octanol–water partition coefficient (Wildman–Crippen LogP) is 2.72. The van der Waals surface area contributed by atoms with Crippen LogP contribution in [0.4, 0.5) is 10.1 Å². The average molecular weight is 266 g/mol. The summed E-state index contributed by atoms with van der Waals surface area (Å²) in [5.41, 5.74) is 1.73. The Bertz CT molecular complexity index is 419. The molecule has 19 heavy (non-hydrogen) atoms. The molecule has 1 aliphatic heterocycles. The second-order valence-electron chi connectivity index (χ2n) is 5.14. The Morgan fingerprint density at radius 2 is 2.05 bits per heavy atom. The highest BCUT2D eigenvalue weighted by molar-refractivity contribution is 5.55. The van der Waals surface area contributed by atoms with E-state index in [0.717, 1.165) is 37.3 Å². The Morgan fingerprint density at radius 1 is 1.37 bits per heavy atom. The van der Waals surface area contributed by atoms with Gasteiger partial charge in [0.2, 0.25) is 0 Å². The third kappa shape index (κ3) is 3.07. The third-order valence-electron chi connectivity index (χ3n) is 4.01. The molecule has 0 aliphatic carbocycles. The second kappa shape index (κ2) is 6.35. The lowest BCUT2D eigenvalue weighted by Gasteiger charge is -2.35. The number of halogens is 1. The third-order valence-corrected chi connectivity index (χ3v) is 4.01. The average Bonchev–Trinajstić information content (AvgIpc) is 2.46. The molecule has 0 saturated carbocycles. The van der Waals surface area contributed by atoms with Gasteiger partial charge < -0.3 is 15.0 Å². The summed E-state index contributed by atoms with van der Waals surface area (Å²) in [6.45, 7) is 3.57. The van der Waals surface area contributed by atoms with Crippen LogP contribution in [0, 0.1) is 5.82 Å². The maximum atomic E-state index is 14.1. The molecular weight excluding hydrogens is 243 g/mol. The minimum absolute atomic E-state index is 0.00140. The molecule has 0 bridgehead atoms. The molecule has 1 N–H and O–H groups in total. The molecule has 0 spiro atoms. The minimum atomic E-state index is -0.141. The summed E-state index contributed by atoms with van der Waals surface area (Å²) >= 11 is 0. The number of anilines is 1. The van der Waals surface area contributed by atoms with Crippen molar-refractivity contribution in [1.82, 2.24) is 5.32 Å². The zero-order chi connectivity index (χ0) is 13.8. The van der Waals surface area contributed by atoms with Crippen molar-refractivity contribution < 1.29 is 9.13 Å². The Labute approximate surface area is 114 Å². The van der Waals surface area contributed by atoms with Crippen LogP contribution in [-0.2, 0) is 4.74 Å². The Balaban J connectivity index is 2.29. The Kier molecular flexibility index (Phi) is 4.77. The van der Waals surface area contributed by atoms with Gasteiger partial charge in [0, 0.05) is 43.6 Å². The molecule has 1 aliphatic rings. The summed E-state index contributed by atoms with van der Waals surface area (Å²) in [6, 6.07) is 5.75. The van der Waals surface area contributed by atoms with Gasteiger partial charge in [-0.2, -0.15) is 0 Å². The normalized spacial score (nSPS) is 18.3. The van der Waals surface area contributed by atoms with E-state index in [1.165, 1.54) is 6.07 Å². The fourth-order valence-corrected chi connectivity index (χ4v) is 2.68. The molecule has 1 unspecified atom stereocenters. The Morgan fingerprint density at radius 3 is 2.68 bits per heavy atom. The zero-order valence-corrected chi connectivity index (χ0v) is 11.9. The molecule has 1 saturated heterocycles. The number of rotatable bonds is 4. The van der Waals surface area contributed by atoms with Crippen LogP contribution in [0.2, 0.25) is 0 Å². The van der Waals surface area contributed by atoms with Crippen LogP contribution >= 0.6 is 0 Å². The first-order valence-corrected chi connectivity index (χ1v) is 6.91. The fourth-order valence-electron chi connectivity index (χ4n) is 2.68. The van der Waals surface area contributed by atoms with E-state index in [2.05, 4.69) is 17.3 Å². The van der Waals surface area contributed by atoms with Gasteiger partial charge in [-0.1, -0.05) is 6.07 Å². The van der Waals surface area contributed by atoms with Gasteiger partial charge in [0.05, 0.1) is 0 Å². The van der Waals surface area contributed by atoms with Crippen molar-refractivity contribution in [3.8, 4) is 0 Å². The lowest BCUT2D eigenvalue weighted by molar-refractivity contribution is 0.0854. The lowest BCUT2D eigenvalue weighted by Crippen LogP contribution is -2.37. The van der Waals surface area contributed by atoms with Crippen LogP contribution in [0.3, 0.4) is 0 Å². The van der Waals surface area contributed by atoms with E-state index in [9.17, 15) is 4.39 Å². The molecule has 2 rings (SSSR count). The van der Waals surface area contributed by atoms with Crippen molar-refractivity contribution in [3.05, 3.63) is 29.6 Å². The number of hydrogen-bond donors (Lipinski definition) is 1. The molecule has 1 atom stereocenters. The number of benzene rings is 1. The minimum Gasteiger partial charge on any atom is -0.381 e. The van der Waals surface area contributed by atoms with Crippen LogP contribution in [0.1, 0.15) is 31.4 Å². The highest BCUT2D eigenvalue weighted by Gasteiger charge is 2.23. The first-order chi connectivity index (χ1) is 9.15. The number of nitrogens with one attached hydrogen (secondary N) is 1. The molecule has 0 aromatic heterocycles. The van der Waals surface area contributed by atoms with E-state index in [1.807, 2.05) is 20.0 Å². The van der Waals surface area contributed by atoms with Crippen LogP contribution in [0.25, 0.3) is 0 Å². The highest BCUT2D eigenvalue weighted by atomic mass is 19.1. The van der Waals surface area contributed by atoms with E-state index < -0.39 is 0 Å². The van der Waals surface area contributed by atoms with Gasteiger partial charge in [0.25, 0.3) is 0 Å².